The van der Waals surface area contributed by atoms with Crippen molar-refractivity contribution in [2.24, 2.45) is 0 Å². The molecule has 1 aromatic carbocycles. The van der Waals surface area contributed by atoms with Crippen molar-refractivity contribution in [3.05, 3.63) is 52.8 Å². The fourth-order valence-electron chi connectivity index (χ4n) is 1.65. The molecule has 0 bridgehead atoms. The number of carbonyl (C=O) groups is 1. The van der Waals surface area contributed by atoms with Gasteiger partial charge in [-0.25, -0.2) is 9.78 Å². The third kappa shape index (κ3) is 2.45. The first-order valence-electron chi connectivity index (χ1n) is 5.04. The average molecular weight is 248 g/mol. The SMILES string of the molecule is Cc1cccc(-c2cnc(Cl)cc2C(=O)O)c1. The summed E-state index contributed by atoms with van der Waals surface area (Å²) in [7, 11) is 0. The first-order chi connectivity index (χ1) is 8.08. The number of aromatic carboxylic acids is 1. The lowest BCUT2D eigenvalue weighted by Gasteiger charge is -2.06. The summed E-state index contributed by atoms with van der Waals surface area (Å²) in [4.78, 5) is 15.1. The molecule has 0 aliphatic heterocycles. The number of nitrogens with zero attached hydrogens (tertiary/aromatic N) is 1. The van der Waals surface area contributed by atoms with Crippen molar-refractivity contribution in [3.8, 4) is 11.1 Å². The van der Waals surface area contributed by atoms with Crippen molar-refractivity contribution in [1.29, 1.82) is 0 Å². The first kappa shape index (κ1) is 11.6. The Morgan fingerprint density at radius 1 is 1.35 bits per heavy atom. The molecule has 0 unspecified atom stereocenters. The van der Waals surface area contributed by atoms with Crippen LogP contribution in [0.5, 0.6) is 0 Å². The number of hydrogen-bond acceptors (Lipinski definition) is 2. The molecule has 2 rings (SSSR count). The molecular weight excluding hydrogens is 238 g/mol. The highest BCUT2D eigenvalue weighted by atomic mass is 35.5. The number of rotatable bonds is 2. The zero-order chi connectivity index (χ0) is 12.4. The van der Waals surface area contributed by atoms with Gasteiger partial charge in [-0.05, 0) is 18.6 Å². The second-order valence-electron chi connectivity index (χ2n) is 3.73. The maximum atomic E-state index is 11.1. The molecule has 1 aromatic heterocycles. The normalized spacial score (nSPS) is 10.2. The van der Waals surface area contributed by atoms with Gasteiger partial charge < -0.3 is 5.11 Å². The number of aryl methyl sites for hydroxylation is 1. The van der Waals surface area contributed by atoms with E-state index in [0.29, 0.717) is 5.56 Å². The molecular formula is C13H10ClNO2. The van der Waals surface area contributed by atoms with E-state index in [2.05, 4.69) is 4.98 Å². The van der Waals surface area contributed by atoms with E-state index in [0.717, 1.165) is 11.1 Å². The standard InChI is InChI=1S/C13H10ClNO2/c1-8-3-2-4-9(5-8)11-7-15-12(14)6-10(11)13(16)17/h2-7H,1H3,(H,16,17). The molecule has 0 aliphatic rings. The van der Waals surface area contributed by atoms with E-state index >= 15 is 0 Å². The largest absolute Gasteiger partial charge is 0.478 e. The van der Waals surface area contributed by atoms with Crippen LogP contribution in [0.4, 0.5) is 0 Å². The van der Waals surface area contributed by atoms with E-state index in [1.54, 1.807) is 0 Å². The predicted molar refractivity (Wildman–Crippen MR) is 66.4 cm³/mol. The van der Waals surface area contributed by atoms with Gasteiger partial charge in [-0.15, -0.1) is 0 Å². The summed E-state index contributed by atoms with van der Waals surface area (Å²) in [5.41, 5.74) is 2.63. The van der Waals surface area contributed by atoms with E-state index in [-0.39, 0.29) is 10.7 Å². The topological polar surface area (TPSA) is 50.2 Å². The van der Waals surface area contributed by atoms with Gasteiger partial charge in [-0.1, -0.05) is 41.4 Å². The van der Waals surface area contributed by atoms with E-state index < -0.39 is 5.97 Å². The molecule has 17 heavy (non-hydrogen) atoms. The molecule has 1 heterocycles. The Labute approximate surface area is 104 Å². The van der Waals surface area contributed by atoms with Crippen LogP contribution in [-0.2, 0) is 0 Å². The molecule has 4 heteroatoms. The van der Waals surface area contributed by atoms with Crippen LogP contribution in [0.15, 0.2) is 36.5 Å². The highest BCUT2D eigenvalue weighted by molar-refractivity contribution is 6.29. The maximum absolute atomic E-state index is 11.1. The molecule has 0 aliphatic carbocycles. The van der Waals surface area contributed by atoms with Gasteiger partial charge in [-0.2, -0.15) is 0 Å². The Kier molecular flexibility index (Phi) is 3.11. The molecule has 0 saturated carbocycles. The lowest BCUT2D eigenvalue weighted by molar-refractivity contribution is 0.0697. The quantitative estimate of drug-likeness (QED) is 0.828. The monoisotopic (exact) mass is 247 g/mol. The van der Waals surface area contributed by atoms with E-state index in [1.165, 1.54) is 12.3 Å². The molecule has 0 saturated heterocycles. The van der Waals surface area contributed by atoms with Gasteiger partial charge in [0.05, 0.1) is 5.56 Å². The van der Waals surface area contributed by atoms with E-state index in [9.17, 15) is 4.79 Å². The summed E-state index contributed by atoms with van der Waals surface area (Å²) >= 11 is 5.71. The number of benzene rings is 1. The fourth-order valence-corrected chi connectivity index (χ4v) is 1.81. The third-order valence-corrected chi connectivity index (χ3v) is 2.64. The van der Waals surface area contributed by atoms with Crippen LogP contribution in [0, 0.1) is 6.92 Å². The Balaban J connectivity index is 2.63. The minimum Gasteiger partial charge on any atom is -0.478 e. The van der Waals surface area contributed by atoms with Crippen molar-refractivity contribution >= 4 is 17.6 Å². The molecule has 0 spiro atoms. The van der Waals surface area contributed by atoms with Gasteiger partial charge in [0.25, 0.3) is 0 Å². The van der Waals surface area contributed by atoms with Gasteiger partial charge in [0.1, 0.15) is 5.15 Å². The number of aromatic nitrogens is 1. The van der Waals surface area contributed by atoms with Crippen LogP contribution in [-0.4, -0.2) is 16.1 Å². The van der Waals surface area contributed by atoms with E-state index in [4.69, 9.17) is 16.7 Å². The van der Waals surface area contributed by atoms with Gasteiger partial charge in [0.2, 0.25) is 0 Å². The first-order valence-corrected chi connectivity index (χ1v) is 5.41. The number of pyridine rings is 1. The molecule has 0 amide bonds. The molecule has 2 aromatic rings. The smallest absolute Gasteiger partial charge is 0.336 e. The van der Waals surface area contributed by atoms with Crippen LogP contribution in [0.1, 0.15) is 15.9 Å². The minimum atomic E-state index is -1.01. The van der Waals surface area contributed by atoms with Gasteiger partial charge >= 0.3 is 5.97 Å². The van der Waals surface area contributed by atoms with Gasteiger partial charge in [-0.3, -0.25) is 0 Å². The second-order valence-corrected chi connectivity index (χ2v) is 4.11. The van der Waals surface area contributed by atoms with Crippen LogP contribution in [0.3, 0.4) is 0 Å². The highest BCUT2D eigenvalue weighted by Crippen LogP contribution is 2.25. The third-order valence-electron chi connectivity index (χ3n) is 2.43. The number of carboxylic acids is 1. The number of halogens is 1. The Hall–Kier alpha value is -1.87. The lowest BCUT2D eigenvalue weighted by atomic mass is 10.0. The van der Waals surface area contributed by atoms with Crippen molar-refractivity contribution in [2.45, 2.75) is 6.92 Å². The van der Waals surface area contributed by atoms with Crippen molar-refractivity contribution in [1.82, 2.24) is 4.98 Å². The summed E-state index contributed by atoms with van der Waals surface area (Å²) in [6, 6.07) is 8.96. The van der Waals surface area contributed by atoms with Crippen LogP contribution < -0.4 is 0 Å². The Morgan fingerprint density at radius 2 is 2.12 bits per heavy atom. The highest BCUT2D eigenvalue weighted by Gasteiger charge is 2.13. The summed E-state index contributed by atoms with van der Waals surface area (Å²) in [6.07, 6.45) is 1.49. The van der Waals surface area contributed by atoms with E-state index in [1.807, 2.05) is 31.2 Å². The molecule has 1 N–H and O–H groups in total. The van der Waals surface area contributed by atoms with Crippen LogP contribution in [0.2, 0.25) is 5.15 Å². The zero-order valence-corrected chi connectivity index (χ0v) is 9.90. The average Bonchev–Trinajstić information content (AvgIpc) is 2.28. The zero-order valence-electron chi connectivity index (χ0n) is 9.14. The summed E-state index contributed by atoms with van der Waals surface area (Å²) < 4.78 is 0. The Morgan fingerprint density at radius 3 is 2.76 bits per heavy atom. The summed E-state index contributed by atoms with van der Waals surface area (Å²) in [5, 5.41) is 9.31. The minimum absolute atomic E-state index is 0.163. The molecule has 3 nitrogen and oxygen atoms in total. The molecule has 0 atom stereocenters. The Bertz CT molecular complexity index is 581. The van der Waals surface area contributed by atoms with Crippen molar-refractivity contribution in [2.75, 3.05) is 0 Å². The maximum Gasteiger partial charge on any atom is 0.336 e. The van der Waals surface area contributed by atoms with Gasteiger partial charge in [0, 0.05) is 11.8 Å². The molecule has 0 radical (unpaired) electrons. The lowest BCUT2D eigenvalue weighted by Crippen LogP contribution is -2.00. The fraction of sp³-hybridized carbons (Fsp3) is 0.0769. The van der Waals surface area contributed by atoms with Crippen molar-refractivity contribution in [3.63, 3.8) is 0 Å². The summed E-state index contributed by atoms with van der Waals surface area (Å²) in [5.74, 6) is -1.01. The predicted octanol–water partition coefficient (Wildman–Crippen LogP) is 3.41. The number of carboxylic acid groups (broad SMARTS) is 1. The second kappa shape index (κ2) is 4.55. The molecule has 86 valence electrons. The van der Waals surface area contributed by atoms with Gasteiger partial charge in [0.15, 0.2) is 0 Å². The van der Waals surface area contributed by atoms with Crippen LogP contribution >= 0.6 is 11.6 Å². The molecule has 0 fully saturated rings. The summed E-state index contributed by atoms with van der Waals surface area (Å²) in [6.45, 7) is 1.95. The number of hydrogen-bond donors (Lipinski definition) is 1. The van der Waals surface area contributed by atoms with Crippen molar-refractivity contribution < 1.29 is 9.90 Å². The van der Waals surface area contributed by atoms with Crippen LogP contribution in [0.25, 0.3) is 11.1 Å².